The first-order chi connectivity index (χ1) is 10.6. The summed E-state index contributed by atoms with van der Waals surface area (Å²) in [6.45, 7) is 0. The molecule has 1 amide bonds. The molecule has 2 aromatic carbocycles. The summed E-state index contributed by atoms with van der Waals surface area (Å²) in [6.07, 6.45) is 1.67. The molecular formula is C16H12N2O4. The molecule has 0 atom stereocenters. The fourth-order valence-corrected chi connectivity index (χ4v) is 2.37. The van der Waals surface area contributed by atoms with Gasteiger partial charge >= 0.3 is 0 Å². The highest BCUT2D eigenvalue weighted by Crippen LogP contribution is 2.36. The van der Waals surface area contributed by atoms with Crippen molar-refractivity contribution in [1.82, 2.24) is 0 Å². The van der Waals surface area contributed by atoms with E-state index in [1.54, 1.807) is 19.3 Å². The van der Waals surface area contributed by atoms with Crippen LogP contribution in [0.15, 0.2) is 42.5 Å². The van der Waals surface area contributed by atoms with Gasteiger partial charge in [0.05, 0.1) is 12.0 Å². The molecule has 0 saturated carbocycles. The highest BCUT2D eigenvalue weighted by atomic mass is 16.6. The van der Waals surface area contributed by atoms with E-state index in [1.165, 1.54) is 18.2 Å². The summed E-state index contributed by atoms with van der Waals surface area (Å²) >= 11 is 0. The molecule has 0 spiro atoms. The third-order valence-electron chi connectivity index (χ3n) is 3.44. The number of carbonyl (C=O) groups is 1. The highest BCUT2D eigenvalue weighted by molar-refractivity contribution is 6.35. The van der Waals surface area contributed by atoms with E-state index < -0.39 is 4.92 Å². The minimum atomic E-state index is -0.482. The van der Waals surface area contributed by atoms with Crippen LogP contribution in [0.25, 0.3) is 11.6 Å². The molecule has 1 aliphatic heterocycles. The molecule has 0 bridgehead atoms. The molecule has 1 N–H and O–H groups in total. The lowest BCUT2D eigenvalue weighted by molar-refractivity contribution is -0.384. The molecule has 0 fully saturated rings. The average molecular weight is 296 g/mol. The molecule has 0 aliphatic carbocycles. The van der Waals surface area contributed by atoms with E-state index >= 15 is 0 Å². The van der Waals surface area contributed by atoms with Crippen LogP contribution < -0.4 is 10.1 Å². The number of non-ortho nitro benzene ring substituents is 1. The monoisotopic (exact) mass is 296 g/mol. The van der Waals surface area contributed by atoms with Crippen molar-refractivity contribution in [2.24, 2.45) is 0 Å². The first-order valence-electron chi connectivity index (χ1n) is 6.55. The summed E-state index contributed by atoms with van der Waals surface area (Å²) in [5.41, 5.74) is 2.14. The van der Waals surface area contributed by atoms with Crippen LogP contribution >= 0.6 is 0 Å². The summed E-state index contributed by atoms with van der Waals surface area (Å²) in [5.74, 6) is 0.336. The molecule has 1 heterocycles. The number of hydrogen-bond acceptors (Lipinski definition) is 4. The van der Waals surface area contributed by atoms with Gasteiger partial charge in [0.15, 0.2) is 0 Å². The Balaban J connectivity index is 2.13. The topological polar surface area (TPSA) is 81.5 Å². The number of ether oxygens (including phenoxy) is 1. The maximum atomic E-state index is 12.1. The average Bonchev–Trinajstić information content (AvgIpc) is 2.83. The Hall–Kier alpha value is -3.15. The number of rotatable bonds is 3. The van der Waals surface area contributed by atoms with Crippen LogP contribution in [-0.4, -0.2) is 17.9 Å². The maximum Gasteiger partial charge on any atom is 0.270 e. The first-order valence-corrected chi connectivity index (χ1v) is 6.55. The van der Waals surface area contributed by atoms with Crippen LogP contribution in [0.1, 0.15) is 11.1 Å². The molecule has 3 rings (SSSR count). The van der Waals surface area contributed by atoms with E-state index in [1.807, 2.05) is 18.2 Å². The van der Waals surface area contributed by atoms with E-state index in [-0.39, 0.29) is 11.6 Å². The van der Waals surface area contributed by atoms with E-state index in [2.05, 4.69) is 5.32 Å². The number of hydrogen-bond donors (Lipinski definition) is 1. The predicted molar refractivity (Wildman–Crippen MR) is 82.6 cm³/mol. The summed E-state index contributed by atoms with van der Waals surface area (Å²) < 4.78 is 5.26. The second kappa shape index (κ2) is 5.33. The number of benzene rings is 2. The Morgan fingerprint density at radius 1 is 1.23 bits per heavy atom. The lowest BCUT2D eigenvalue weighted by Gasteiger charge is -2.05. The van der Waals surface area contributed by atoms with Gasteiger partial charge in [0.1, 0.15) is 5.75 Å². The van der Waals surface area contributed by atoms with E-state index in [0.29, 0.717) is 22.6 Å². The van der Waals surface area contributed by atoms with E-state index in [9.17, 15) is 14.9 Å². The van der Waals surface area contributed by atoms with Crippen molar-refractivity contribution in [3.05, 3.63) is 63.7 Å². The molecule has 0 unspecified atom stereocenters. The fraction of sp³-hybridized carbons (Fsp3) is 0.0625. The lowest BCUT2D eigenvalue weighted by atomic mass is 10.0. The second-order valence-electron chi connectivity index (χ2n) is 4.74. The minimum absolute atomic E-state index is 0.0545. The number of carbonyl (C=O) groups excluding carboxylic acids is 1. The van der Waals surface area contributed by atoms with Gasteiger partial charge in [-0.1, -0.05) is 18.2 Å². The van der Waals surface area contributed by atoms with Crippen molar-refractivity contribution in [3.8, 4) is 5.75 Å². The van der Waals surface area contributed by atoms with Crippen molar-refractivity contribution < 1.29 is 14.5 Å². The number of anilines is 1. The van der Waals surface area contributed by atoms with Crippen molar-refractivity contribution in [2.45, 2.75) is 0 Å². The van der Waals surface area contributed by atoms with Crippen LogP contribution in [-0.2, 0) is 4.79 Å². The van der Waals surface area contributed by atoms with Gasteiger partial charge in [-0.25, -0.2) is 0 Å². The zero-order chi connectivity index (χ0) is 15.7. The Morgan fingerprint density at radius 3 is 2.73 bits per heavy atom. The van der Waals surface area contributed by atoms with E-state index in [0.717, 1.165) is 5.56 Å². The standard InChI is InChI=1S/C16H12N2O4/c1-22-15-5-3-2-4-10(15)8-13-12-9-11(18(20)21)6-7-14(12)17-16(13)19/h2-9H,1H3,(H,17,19)/b13-8-. The third-order valence-corrected chi connectivity index (χ3v) is 3.44. The van der Waals surface area contributed by atoms with Gasteiger partial charge in [-0.2, -0.15) is 0 Å². The van der Waals surface area contributed by atoms with Gasteiger partial charge in [0, 0.05) is 34.5 Å². The van der Waals surface area contributed by atoms with Gasteiger partial charge in [-0.05, 0) is 18.2 Å². The van der Waals surface area contributed by atoms with Gasteiger partial charge in [0.25, 0.3) is 11.6 Å². The van der Waals surface area contributed by atoms with Gasteiger partial charge in [-0.3, -0.25) is 14.9 Å². The fourth-order valence-electron chi connectivity index (χ4n) is 2.37. The molecular weight excluding hydrogens is 284 g/mol. The zero-order valence-corrected chi connectivity index (χ0v) is 11.7. The Bertz CT molecular complexity index is 812. The maximum absolute atomic E-state index is 12.1. The Kier molecular flexibility index (Phi) is 3.34. The second-order valence-corrected chi connectivity index (χ2v) is 4.74. The van der Waals surface area contributed by atoms with Crippen molar-refractivity contribution in [1.29, 1.82) is 0 Å². The Labute approximate surface area is 126 Å². The SMILES string of the molecule is COc1ccccc1/C=C1\C(=O)Nc2ccc([N+](=O)[O-])cc21. The number of fused-ring (bicyclic) bond motifs is 1. The third kappa shape index (κ3) is 2.31. The smallest absolute Gasteiger partial charge is 0.270 e. The number of methoxy groups -OCH3 is 1. The van der Waals surface area contributed by atoms with Crippen LogP contribution in [0, 0.1) is 10.1 Å². The first kappa shape index (κ1) is 13.8. The number of nitrogens with zero attached hydrogens (tertiary/aromatic N) is 1. The van der Waals surface area contributed by atoms with Crippen molar-refractivity contribution in [2.75, 3.05) is 12.4 Å². The molecule has 0 saturated heterocycles. The number of amides is 1. The summed E-state index contributed by atoms with van der Waals surface area (Å²) in [4.78, 5) is 22.6. The number of para-hydroxylation sites is 1. The molecule has 0 radical (unpaired) electrons. The molecule has 22 heavy (non-hydrogen) atoms. The molecule has 2 aromatic rings. The quantitative estimate of drug-likeness (QED) is 0.536. The van der Waals surface area contributed by atoms with Crippen LogP contribution in [0.3, 0.4) is 0 Å². The van der Waals surface area contributed by atoms with Crippen LogP contribution in [0.2, 0.25) is 0 Å². The molecule has 6 nitrogen and oxygen atoms in total. The number of nitrogens with one attached hydrogen (secondary N) is 1. The summed E-state index contributed by atoms with van der Waals surface area (Å²) in [5, 5.41) is 13.6. The highest BCUT2D eigenvalue weighted by Gasteiger charge is 2.26. The van der Waals surface area contributed by atoms with Crippen molar-refractivity contribution in [3.63, 3.8) is 0 Å². The molecule has 0 aromatic heterocycles. The molecule has 1 aliphatic rings. The summed E-state index contributed by atoms with van der Waals surface area (Å²) in [7, 11) is 1.55. The predicted octanol–water partition coefficient (Wildman–Crippen LogP) is 3.10. The van der Waals surface area contributed by atoms with E-state index in [4.69, 9.17) is 4.74 Å². The van der Waals surface area contributed by atoms with Gasteiger partial charge in [-0.15, -0.1) is 0 Å². The van der Waals surface area contributed by atoms with Gasteiger partial charge < -0.3 is 10.1 Å². The molecule has 6 heteroatoms. The van der Waals surface area contributed by atoms with Gasteiger partial charge in [0.2, 0.25) is 0 Å². The number of nitro benzene ring substituents is 1. The summed E-state index contributed by atoms with van der Waals surface area (Å²) in [6, 6.07) is 11.6. The lowest BCUT2D eigenvalue weighted by Crippen LogP contribution is -2.03. The van der Waals surface area contributed by atoms with Crippen LogP contribution in [0.4, 0.5) is 11.4 Å². The normalized spacial score (nSPS) is 14.6. The largest absolute Gasteiger partial charge is 0.496 e. The van der Waals surface area contributed by atoms with Crippen molar-refractivity contribution >= 4 is 28.9 Å². The van der Waals surface area contributed by atoms with Crippen LogP contribution in [0.5, 0.6) is 5.75 Å². The minimum Gasteiger partial charge on any atom is -0.496 e. The Morgan fingerprint density at radius 2 is 2.00 bits per heavy atom. The number of nitro groups is 1. The molecule has 110 valence electrons. The zero-order valence-electron chi connectivity index (χ0n) is 11.7.